The van der Waals surface area contributed by atoms with Gasteiger partial charge in [-0.1, -0.05) is 29.8 Å². The van der Waals surface area contributed by atoms with Crippen LogP contribution < -0.4 is 5.32 Å². The normalized spacial score (nSPS) is 10.9. The van der Waals surface area contributed by atoms with E-state index in [-0.39, 0.29) is 5.91 Å². The van der Waals surface area contributed by atoms with Gasteiger partial charge in [0.2, 0.25) is 5.91 Å². The molecule has 0 atom stereocenters. The third kappa shape index (κ3) is 4.55. The number of thiophene rings is 1. The van der Waals surface area contributed by atoms with Crippen molar-refractivity contribution in [2.45, 2.75) is 26.8 Å². The van der Waals surface area contributed by atoms with Crippen LogP contribution in [-0.2, 0) is 17.8 Å². The summed E-state index contributed by atoms with van der Waals surface area (Å²) in [6.45, 7) is 4.60. The Bertz CT molecular complexity index is 1090. The van der Waals surface area contributed by atoms with Gasteiger partial charge in [-0.15, -0.1) is 34.0 Å². The molecule has 1 amide bonds. The molecule has 0 saturated carbocycles. The molecule has 142 valence electrons. The number of nitrogens with one attached hydrogen (secondary N) is 1. The Hall–Kier alpha value is -2.35. The number of hydrogen-bond acceptors (Lipinski definition) is 6. The van der Waals surface area contributed by atoms with Crippen LogP contribution in [0, 0.1) is 13.8 Å². The molecule has 1 N–H and O–H groups in total. The van der Waals surface area contributed by atoms with Crippen molar-refractivity contribution in [1.29, 1.82) is 0 Å². The van der Waals surface area contributed by atoms with Crippen LogP contribution >= 0.6 is 34.0 Å². The largest absolute Gasteiger partial charge is 0.351 e. The van der Waals surface area contributed by atoms with Crippen LogP contribution in [0.3, 0.4) is 0 Å². The Balaban J connectivity index is 1.33. The number of aromatic nitrogens is 2. The third-order valence-corrected chi connectivity index (χ3v) is 7.01. The number of rotatable bonds is 6. The summed E-state index contributed by atoms with van der Waals surface area (Å²) in [5.41, 5.74) is 4.13. The number of nitrogens with zero attached hydrogens (tertiary/aromatic N) is 2. The highest BCUT2D eigenvalue weighted by Crippen LogP contribution is 2.29. The molecule has 1 aromatic carbocycles. The lowest BCUT2D eigenvalue weighted by Gasteiger charge is -2.02. The Morgan fingerprint density at radius 1 is 1.00 bits per heavy atom. The molecule has 0 bridgehead atoms. The minimum absolute atomic E-state index is 0.0137. The quantitative estimate of drug-likeness (QED) is 0.446. The molecule has 0 radical (unpaired) electrons. The Morgan fingerprint density at radius 3 is 2.57 bits per heavy atom. The maximum absolute atomic E-state index is 12.3. The van der Waals surface area contributed by atoms with Crippen molar-refractivity contribution >= 4 is 39.9 Å². The summed E-state index contributed by atoms with van der Waals surface area (Å²) in [7, 11) is 0. The van der Waals surface area contributed by atoms with Gasteiger partial charge >= 0.3 is 0 Å². The number of carbonyl (C=O) groups is 1. The van der Waals surface area contributed by atoms with Gasteiger partial charge in [-0.25, -0.2) is 9.97 Å². The number of aryl methyl sites for hydroxylation is 2. The highest BCUT2D eigenvalue weighted by molar-refractivity contribution is 7.16. The molecule has 4 nitrogen and oxygen atoms in total. The van der Waals surface area contributed by atoms with E-state index < -0.39 is 0 Å². The van der Waals surface area contributed by atoms with Crippen molar-refractivity contribution in [3.63, 3.8) is 0 Å². The average molecular weight is 426 g/mol. The predicted molar refractivity (Wildman–Crippen MR) is 118 cm³/mol. The molecule has 4 aromatic rings. The lowest BCUT2D eigenvalue weighted by Crippen LogP contribution is -2.24. The summed E-state index contributed by atoms with van der Waals surface area (Å²) in [5, 5.41) is 9.03. The molecular weight excluding hydrogens is 406 g/mol. The number of carbonyl (C=O) groups excluding carboxylic acids is 1. The van der Waals surface area contributed by atoms with Gasteiger partial charge in [0.15, 0.2) is 0 Å². The first-order valence-corrected chi connectivity index (χ1v) is 11.4. The Labute approximate surface area is 175 Å². The van der Waals surface area contributed by atoms with Crippen molar-refractivity contribution in [2.24, 2.45) is 0 Å². The van der Waals surface area contributed by atoms with Gasteiger partial charge in [-0.3, -0.25) is 4.79 Å². The topological polar surface area (TPSA) is 54.9 Å². The number of amides is 1. The van der Waals surface area contributed by atoms with Crippen molar-refractivity contribution in [3.8, 4) is 21.1 Å². The highest BCUT2D eigenvalue weighted by Gasteiger charge is 2.11. The van der Waals surface area contributed by atoms with Crippen molar-refractivity contribution in [3.05, 3.63) is 68.3 Å². The smallest absolute Gasteiger partial charge is 0.226 e. The summed E-state index contributed by atoms with van der Waals surface area (Å²) in [4.78, 5) is 23.7. The highest BCUT2D eigenvalue weighted by atomic mass is 32.1. The van der Waals surface area contributed by atoms with Gasteiger partial charge in [0.1, 0.15) is 5.01 Å². The van der Waals surface area contributed by atoms with E-state index >= 15 is 0 Å². The van der Waals surface area contributed by atoms with Gasteiger partial charge in [-0.2, -0.15) is 0 Å². The molecule has 4 rings (SSSR count). The van der Waals surface area contributed by atoms with Crippen molar-refractivity contribution in [1.82, 2.24) is 15.3 Å². The Morgan fingerprint density at radius 2 is 1.82 bits per heavy atom. The fraction of sp³-hybridized carbons (Fsp3) is 0.190. The Kier molecular flexibility index (Phi) is 5.66. The minimum atomic E-state index is -0.0137. The van der Waals surface area contributed by atoms with Crippen LogP contribution in [0.2, 0.25) is 0 Å². The summed E-state index contributed by atoms with van der Waals surface area (Å²) in [5.74, 6) is -0.0137. The van der Waals surface area contributed by atoms with E-state index in [0.717, 1.165) is 36.7 Å². The van der Waals surface area contributed by atoms with E-state index in [9.17, 15) is 4.79 Å². The number of hydrogen-bond donors (Lipinski definition) is 1. The molecule has 0 aliphatic rings. The maximum atomic E-state index is 12.3. The van der Waals surface area contributed by atoms with E-state index in [1.807, 2.05) is 18.4 Å². The molecule has 0 spiro atoms. The summed E-state index contributed by atoms with van der Waals surface area (Å²) < 4.78 is 0. The van der Waals surface area contributed by atoms with E-state index in [1.165, 1.54) is 5.56 Å². The lowest BCUT2D eigenvalue weighted by atomic mass is 10.2. The molecule has 28 heavy (non-hydrogen) atoms. The maximum Gasteiger partial charge on any atom is 0.226 e. The standard InChI is InChI=1S/C21H19N3OS3/c1-13-3-5-15(6-4-13)21-24-16(11-27-21)9-20(25)22-10-17-7-8-19(28-17)18-12-26-14(2)23-18/h3-8,11-12H,9-10H2,1-2H3,(H,22,25). The first kappa shape index (κ1) is 19.0. The molecule has 0 saturated heterocycles. The molecule has 0 fully saturated rings. The second-order valence-electron chi connectivity index (χ2n) is 6.48. The summed E-state index contributed by atoms with van der Waals surface area (Å²) in [6, 6.07) is 12.4. The number of benzene rings is 1. The summed E-state index contributed by atoms with van der Waals surface area (Å²) >= 11 is 4.89. The lowest BCUT2D eigenvalue weighted by molar-refractivity contribution is -0.120. The fourth-order valence-corrected chi connectivity index (χ4v) is 5.14. The first-order valence-electron chi connectivity index (χ1n) is 8.86. The molecule has 0 aliphatic carbocycles. The van der Waals surface area contributed by atoms with Gasteiger partial charge in [0.05, 0.1) is 34.2 Å². The number of thiazole rings is 2. The van der Waals surface area contributed by atoms with Crippen LogP contribution in [-0.4, -0.2) is 15.9 Å². The third-order valence-electron chi connectivity index (χ3n) is 4.18. The molecule has 0 aliphatic heterocycles. The van der Waals surface area contributed by atoms with E-state index in [2.05, 4.69) is 57.9 Å². The molecule has 3 heterocycles. The molecule has 3 aromatic heterocycles. The summed E-state index contributed by atoms with van der Waals surface area (Å²) in [6.07, 6.45) is 0.297. The zero-order valence-electron chi connectivity index (χ0n) is 15.6. The van der Waals surface area contributed by atoms with Crippen molar-refractivity contribution < 1.29 is 4.79 Å². The van der Waals surface area contributed by atoms with Crippen LogP contribution in [0.1, 0.15) is 21.1 Å². The van der Waals surface area contributed by atoms with E-state index in [4.69, 9.17) is 0 Å². The van der Waals surface area contributed by atoms with Crippen LogP contribution in [0.4, 0.5) is 0 Å². The van der Waals surface area contributed by atoms with Crippen LogP contribution in [0.15, 0.2) is 47.2 Å². The fourth-order valence-electron chi connectivity index (χ4n) is 2.72. The second kappa shape index (κ2) is 8.34. The second-order valence-corrected chi connectivity index (χ2v) is 9.57. The molecule has 7 heteroatoms. The van der Waals surface area contributed by atoms with Gasteiger partial charge in [0.25, 0.3) is 0 Å². The van der Waals surface area contributed by atoms with Gasteiger partial charge < -0.3 is 5.32 Å². The molecular formula is C21H19N3OS3. The average Bonchev–Trinajstić information content (AvgIpc) is 3.41. The first-order chi connectivity index (χ1) is 13.6. The van der Waals surface area contributed by atoms with E-state index in [0.29, 0.717) is 13.0 Å². The van der Waals surface area contributed by atoms with E-state index in [1.54, 1.807) is 34.0 Å². The van der Waals surface area contributed by atoms with Gasteiger partial charge in [0, 0.05) is 21.2 Å². The molecule has 0 unspecified atom stereocenters. The van der Waals surface area contributed by atoms with Crippen LogP contribution in [0.25, 0.3) is 21.1 Å². The monoisotopic (exact) mass is 425 g/mol. The zero-order chi connectivity index (χ0) is 19.5. The predicted octanol–water partition coefficient (Wildman–Crippen LogP) is 5.47. The van der Waals surface area contributed by atoms with Crippen molar-refractivity contribution in [2.75, 3.05) is 0 Å². The van der Waals surface area contributed by atoms with Gasteiger partial charge in [-0.05, 0) is 26.0 Å². The zero-order valence-corrected chi connectivity index (χ0v) is 18.0. The minimum Gasteiger partial charge on any atom is -0.351 e. The van der Waals surface area contributed by atoms with Crippen LogP contribution in [0.5, 0.6) is 0 Å². The SMILES string of the molecule is Cc1ccc(-c2nc(CC(=O)NCc3ccc(-c4csc(C)n4)s3)cs2)cc1.